The summed E-state index contributed by atoms with van der Waals surface area (Å²) < 4.78 is 1.11. The van der Waals surface area contributed by atoms with Gasteiger partial charge in [0.25, 0.3) is 0 Å². The van der Waals surface area contributed by atoms with E-state index in [1.165, 1.54) is 12.7 Å². The van der Waals surface area contributed by atoms with E-state index in [0.29, 0.717) is 0 Å². The fraction of sp³-hybridized carbons (Fsp3) is 0.333. The van der Waals surface area contributed by atoms with Gasteiger partial charge in [-0.2, -0.15) is 5.48 Å². The number of halogens is 1. The molecule has 2 aromatic rings. The lowest BCUT2D eigenvalue weighted by Crippen LogP contribution is -2.36. The summed E-state index contributed by atoms with van der Waals surface area (Å²) in [4.78, 5) is 23.1. The SMILES string of the molecule is CNC(=O)C(NOC)c1cccc(C)c1CO/N=C1\CCc2c(Br)cccc21. The van der Waals surface area contributed by atoms with Crippen molar-refractivity contribution in [2.45, 2.75) is 32.4 Å². The van der Waals surface area contributed by atoms with E-state index in [1.807, 2.05) is 37.3 Å². The predicted octanol–water partition coefficient (Wildman–Crippen LogP) is 3.56. The Balaban J connectivity index is 1.82. The van der Waals surface area contributed by atoms with Crippen LogP contribution in [0.25, 0.3) is 0 Å². The largest absolute Gasteiger partial charge is 0.391 e. The van der Waals surface area contributed by atoms with E-state index in [9.17, 15) is 4.79 Å². The van der Waals surface area contributed by atoms with Crippen LogP contribution in [0.4, 0.5) is 0 Å². The van der Waals surface area contributed by atoms with Crippen molar-refractivity contribution in [2.24, 2.45) is 5.16 Å². The Morgan fingerprint density at radius 1 is 1.25 bits per heavy atom. The molecule has 1 amide bonds. The number of nitrogens with zero attached hydrogens (tertiary/aromatic N) is 1. The molecule has 3 rings (SSSR count). The quantitative estimate of drug-likeness (QED) is 0.639. The third-order valence-electron chi connectivity index (χ3n) is 4.93. The molecule has 0 bridgehead atoms. The second-order valence-corrected chi connectivity index (χ2v) is 7.44. The van der Waals surface area contributed by atoms with Crippen molar-refractivity contribution in [3.63, 3.8) is 0 Å². The highest BCUT2D eigenvalue weighted by molar-refractivity contribution is 9.10. The highest BCUT2D eigenvalue weighted by atomic mass is 79.9. The number of nitrogens with one attached hydrogen (secondary N) is 2. The van der Waals surface area contributed by atoms with Gasteiger partial charge >= 0.3 is 0 Å². The van der Waals surface area contributed by atoms with E-state index in [4.69, 9.17) is 9.68 Å². The zero-order chi connectivity index (χ0) is 20.1. The summed E-state index contributed by atoms with van der Waals surface area (Å²) in [5.74, 6) is -0.186. The molecule has 28 heavy (non-hydrogen) atoms. The minimum atomic E-state index is -0.635. The van der Waals surface area contributed by atoms with Gasteiger partial charge in [0.15, 0.2) is 0 Å². The molecule has 148 valence electrons. The van der Waals surface area contributed by atoms with Gasteiger partial charge in [-0.3, -0.25) is 4.79 Å². The van der Waals surface area contributed by atoms with Crippen molar-refractivity contribution in [3.05, 3.63) is 68.7 Å². The molecule has 1 aliphatic rings. The van der Waals surface area contributed by atoms with Crippen LogP contribution < -0.4 is 10.8 Å². The van der Waals surface area contributed by atoms with Gasteiger partial charge in [0.2, 0.25) is 5.91 Å². The van der Waals surface area contributed by atoms with Crippen molar-refractivity contribution in [1.29, 1.82) is 0 Å². The van der Waals surface area contributed by atoms with Gasteiger partial charge in [0.1, 0.15) is 12.6 Å². The van der Waals surface area contributed by atoms with Gasteiger partial charge in [-0.25, -0.2) is 0 Å². The van der Waals surface area contributed by atoms with Gasteiger partial charge in [-0.05, 0) is 42.5 Å². The highest BCUT2D eigenvalue weighted by Gasteiger charge is 2.24. The number of benzene rings is 2. The lowest BCUT2D eigenvalue weighted by atomic mass is 9.96. The predicted molar refractivity (Wildman–Crippen MR) is 112 cm³/mol. The summed E-state index contributed by atoms with van der Waals surface area (Å²) in [7, 11) is 3.09. The van der Waals surface area contributed by atoms with Crippen LogP contribution in [0.2, 0.25) is 0 Å². The van der Waals surface area contributed by atoms with E-state index >= 15 is 0 Å². The molecule has 0 aromatic heterocycles. The Kier molecular flexibility index (Phi) is 6.83. The molecule has 6 nitrogen and oxygen atoms in total. The van der Waals surface area contributed by atoms with E-state index in [0.717, 1.165) is 45.3 Å². The summed E-state index contributed by atoms with van der Waals surface area (Å²) in [6.45, 7) is 2.26. The van der Waals surface area contributed by atoms with E-state index in [2.05, 4.69) is 37.9 Å². The van der Waals surface area contributed by atoms with Crippen LogP contribution in [0, 0.1) is 6.92 Å². The number of likely N-dealkylation sites (N-methyl/N-ethyl adjacent to an activating group) is 1. The number of carbonyl (C=O) groups excluding carboxylic acids is 1. The first-order valence-electron chi connectivity index (χ1n) is 9.12. The Hall–Kier alpha value is -2.22. The molecule has 0 aliphatic heterocycles. The summed E-state index contributed by atoms with van der Waals surface area (Å²) in [5, 5.41) is 7.06. The molecule has 0 heterocycles. The third-order valence-corrected chi connectivity index (χ3v) is 5.67. The van der Waals surface area contributed by atoms with Gasteiger partial charge in [0, 0.05) is 22.6 Å². The minimum Gasteiger partial charge on any atom is -0.391 e. The Labute approximate surface area is 173 Å². The molecule has 7 heteroatoms. The molecule has 1 atom stereocenters. The van der Waals surface area contributed by atoms with Gasteiger partial charge in [-0.1, -0.05) is 51.4 Å². The maximum atomic E-state index is 12.3. The van der Waals surface area contributed by atoms with Crippen LogP contribution in [0.5, 0.6) is 0 Å². The van der Waals surface area contributed by atoms with Crippen molar-refractivity contribution in [1.82, 2.24) is 10.8 Å². The number of hydrogen-bond donors (Lipinski definition) is 2. The van der Waals surface area contributed by atoms with Crippen LogP contribution in [0.15, 0.2) is 46.0 Å². The number of carbonyl (C=O) groups is 1. The fourth-order valence-corrected chi connectivity index (χ4v) is 4.01. The van der Waals surface area contributed by atoms with Crippen LogP contribution >= 0.6 is 15.9 Å². The molecule has 0 saturated heterocycles. The second kappa shape index (κ2) is 9.32. The number of aryl methyl sites for hydroxylation is 1. The monoisotopic (exact) mass is 445 g/mol. The molecule has 0 spiro atoms. The molecule has 0 radical (unpaired) electrons. The van der Waals surface area contributed by atoms with Crippen molar-refractivity contribution in [3.8, 4) is 0 Å². The average molecular weight is 446 g/mol. The Morgan fingerprint density at radius 2 is 2.04 bits per heavy atom. The number of fused-ring (bicyclic) bond motifs is 1. The summed E-state index contributed by atoms with van der Waals surface area (Å²) in [5.41, 5.74) is 8.85. The zero-order valence-corrected chi connectivity index (χ0v) is 17.8. The fourth-order valence-electron chi connectivity index (χ4n) is 3.44. The molecule has 1 unspecified atom stereocenters. The van der Waals surface area contributed by atoms with Gasteiger partial charge in [0.05, 0.1) is 12.8 Å². The normalized spacial score (nSPS) is 15.4. The number of oxime groups is 1. The van der Waals surface area contributed by atoms with Crippen molar-refractivity contribution >= 4 is 27.5 Å². The lowest BCUT2D eigenvalue weighted by molar-refractivity contribution is -0.126. The summed E-state index contributed by atoms with van der Waals surface area (Å²) in [6.07, 6.45) is 1.80. The Morgan fingerprint density at radius 3 is 2.79 bits per heavy atom. The Bertz CT molecular complexity index is 898. The maximum absolute atomic E-state index is 12.3. The molecular weight excluding hydrogens is 422 g/mol. The smallest absolute Gasteiger partial charge is 0.243 e. The van der Waals surface area contributed by atoms with Gasteiger partial charge < -0.3 is 15.0 Å². The molecule has 1 aliphatic carbocycles. The zero-order valence-electron chi connectivity index (χ0n) is 16.2. The molecular formula is C21H24BrN3O3. The first-order valence-corrected chi connectivity index (χ1v) is 9.91. The van der Waals surface area contributed by atoms with E-state index in [1.54, 1.807) is 7.05 Å². The van der Waals surface area contributed by atoms with Gasteiger partial charge in [-0.15, -0.1) is 0 Å². The maximum Gasteiger partial charge on any atom is 0.243 e. The lowest BCUT2D eigenvalue weighted by Gasteiger charge is -2.20. The van der Waals surface area contributed by atoms with Crippen LogP contribution in [-0.2, 0) is 27.5 Å². The number of rotatable bonds is 7. The summed E-state index contributed by atoms with van der Waals surface area (Å²) >= 11 is 3.60. The highest BCUT2D eigenvalue weighted by Crippen LogP contribution is 2.30. The van der Waals surface area contributed by atoms with Crippen molar-refractivity contribution < 1.29 is 14.5 Å². The average Bonchev–Trinajstić information content (AvgIpc) is 3.11. The number of amides is 1. The number of hydrogen-bond acceptors (Lipinski definition) is 5. The van der Waals surface area contributed by atoms with Crippen LogP contribution in [-0.4, -0.2) is 25.8 Å². The molecule has 0 fully saturated rings. The summed E-state index contributed by atoms with van der Waals surface area (Å²) in [6, 6.07) is 11.3. The first-order chi connectivity index (χ1) is 13.6. The minimum absolute atomic E-state index is 0.186. The van der Waals surface area contributed by atoms with Crippen LogP contribution in [0.1, 0.15) is 40.3 Å². The molecule has 2 N–H and O–H groups in total. The topological polar surface area (TPSA) is 72.0 Å². The number of hydroxylamine groups is 1. The molecule has 2 aromatic carbocycles. The van der Waals surface area contributed by atoms with E-state index in [-0.39, 0.29) is 12.5 Å². The van der Waals surface area contributed by atoms with Crippen LogP contribution in [0.3, 0.4) is 0 Å². The second-order valence-electron chi connectivity index (χ2n) is 6.59. The third kappa shape index (κ3) is 4.27. The molecule has 0 saturated carbocycles. The van der Waals surface area contributed by atoms with Crippen molar-refractivity contribution in [2.75, 3.05) is 14.2 Å². The standard InChI is InChI=1S/C21H24BrN3O3/c1-13-6-4-8-16(20(25-27-3)21(26)23-2)17(13)12-28-24-19-11-10-14-15(19)7-5-9-18(14)22/h4-9,20,25H,10-12H2,1-3H3,(H,23,26)/b24-19+. The first kappa shape index (κ1) is 20.5. The van der Waals surface area contributed by atoms with E-state index < -0.39 is 6.04 Å².